The number of carbonyl (C=O) groups excluding carboxylic acids is 1. The van der Waals surface area contributed by atoms with Crippen molar-refractivity contribution in [2.45, 2.75) is 37.3 Å². The second kappa shape index (κ2) is 9.38. The van der Waals surface area contributed by atoms with Crippen molar-refractivity contribution in [1.82, 2.24) is 9.62 Å². The van der Waals surface area contributed by atoms with Gasteiger partial charge in [-0.25, -0.2) is 0 Å². The molecule has 7 nitrogen and oxygen atoms in total. The summed E-state index contributed by atoms with van der Waals surface area (Å²) in [5.74, 6) is -0.622. The highest BCUT2D eigenvalue weighted by molar-refractivity contribution is 7.84. The molecule has 2 aromatic rings. The highest BCUT2D eigenvalue weighted by Crippen LogP contribution is 2.50. The fourth-order valence-electron chi connectivity index (χ4n) is 4.11. The summed E-state index contributed by atoms with van der Waals surface area (Å²) in [6, 6.07) is 4.84. The van der Waals surface area contributed by atoms with Crippen LogP contribution in [0.1, 0.15) is 39.0 Å². The van der Waals surface area contributed by atoms with Gasteiger partial charge in [-0.05, 0) is 48.4 Å². The average molecular weight is 588 g/mol. The first-order valence-electron chi connectivity index (χ1n) is 10.7. The number of hydrogen-bond acceptors (Lipinski definition) is 5. The van der Waals surface area contributed by atoms with E-state index in [1.807, 2.05) is 0 Å². The maximum absolute atomic E-state index is 14.2. The molecule has 2 aliphatic heterocycles. The normalized spacial score (nSPS) is 21.0. The van der Waals surface area contributed by atoms with E-state index in [4.69, 9.17) is 16.4 Å². The molecule has 0 aromatic heterocycles. The Kier molecular flexibility index (Phi) is 6.94. The summed E-state index contributed by atoms with van der Waals surface area (Å²) in [5.41, 5.74) is -5.17. The van der Waals surface area contributed by atoms with Gasteiger partial charge in [0.15, 0.2) is 0 Å². The molecule has 2 aliphatic rings. The van der Waals surface area contributed by atoms with Gasteiger partial charge >= 0.3 is 22.8 Å². The van der Waals surface area contributed by atoms with Crippen LogP contribution in [0, 0.1) is 6.92 Å². The number of rotatable bonds is 5. The molecule has 1 unspecified atom stereocenters. The van der Waals surface area contributed by atoms with Crippen LogP contribution in [-0.2, 0) is 27.0 Å². The zero-order valence-electron chi connectivity index (χ0n) is 19.1. The fraction of sp³-hybridized carbons (Fsp3) is 0.364. The van der Waals surface area contributed by atoms with Gasteiger partial charge in [0.25, 0.3) is 11.5 Å². The van der Waals surface area contributed by atoms with E-state index in [1.54, 1.807) is 0 Å². The van der Waals surface area contributed by atoms with Crippen LogP contribution in [0.5, 0.6) is 0 Å². The van der Waals surface area contributed by atoms with E-state index >= 15 is 0 Å². The predicted molar refractivity (Wildman–Crippen MR) is 120 cm³/mol. The van der Waals surface area contributed by atoms with Gasteiger partial charge in [0, 0.05) is 35.7 Å². The minimum absolute atomic E-state index is 0.113. The zero-order chi connectivity index (χ0) is 28.3. The number of hydrogen-bond donors (Lipinski definition) is 1. The molecule has 2 heterocycles. The Morgan fingerprint density at radius 3 is 2.34 bits per heavy atom. The number of nitrogens with zero attached hydrogens (tertiary/aromatic N) is 2. The molecule has 1 atom stereocenters. The summed E-state index contributed by atoms with van der Waals surface area (Å²) in [6.07, 6.45) is -11.1. The van der Waals surface area contributed by atoms with Crippen LogP contribution in [0.3, 0.4) is 0 Å². The Morgan fingerprint density at radius 1 is 1.13 bits per heavy atom. The van der Waals surface area contributed by atoms with Crippen molar-refractivity contribution in [3.05, 3.63) is 69.2 Å². The minimum atomic E-state index is -5.18. The van der Waals surface area contributed by atoms with E-state index in [0.29, 0.717) is 22.0 Å². The van der Waals surface area contributed by atoms with Gasteiger partial charge in [0.2, 0.25) is 0 Å². The largest absolute Gasteiger partial charge is 0.435 e. The fourth-order valence-corrected chi connectivity index (χ4v) is 5.06. The molecule has 1 amide bonds. The van der Waals surface area contributed by atoms with Gasteiger partial charge in [-0.3, -0.25) is 4.79 Å². The topological polar surface area (TPSA) is 88.1 Å². The minimum Gasteiger partial charge on any atom is -0.374 e. The number of halogens is 8. The van der Waals surface area contributed by atoms with Crippen molar-refractivity contribution in [2.75, 3.05) is 13.1 Å². The Balaban J connectivity index is 1.56. The maximum atomic E-state index is 14.2. The molecule has 0 aliphatic carbocycles. The van der Waals surface area contributed by atoms with Crippen LogP contribution >= 0.6 is 11.6 Å². The second-order valence-electron chi connectivity index (χ2n) is 8.82. The van der Waals surface area contributed by atoms with E-state index < -0.39 is 62.9 Å². The third-order valence-electron chi connectivity index (χ3n) is 6.17. The lowest BCUT2D eigenvalue weighted by molar-refractivity contribution is -0.276. The third-order valence-corrected chi connectivity index (χ3v) is 7.31. The molecule has 206 valence electrons. The number of nitrogens with one attached hydrogen (secondary N) is 1. The number of oxime groups is 1. The molecule has 1 saturated heterocycles. The molecule has 4 rings (SSSR count). The Hall–Kier alpha value is -2.91. The molecular weight excluding hydrogens is 571 g/mol. The van der Waals surface area contributed by atoms with E-state index in [-0.39, 0.29) is 29.9 Å². The molecule has 16 heteroatoms. The van der Waals surface area contributed by atoms with Crippen molar-refractivity contribution >= 4 is 33.6 Å². The van der Waals surface area contributed by atoms with Crippen LogP contribution in [0.25, 0.3) is 0 Å². The summed E-state index contributed by atoms with van der Waals surface area (Å²) in [5, 5.41) is 5.47. The van der Waals surface area contributed by atoms with Crippen LogP contribution in [0.4, 0.5) is 30.2 Å². The van der Waals surface area contributed by atoms with Crippen LogP contribution < -0.4 is 5.32 Å². The summed E-state index contributed by atoms with van der Waals surface area (Å²) in [6.45, 7) is 0.974. The number of amides is 1. The molecule has 1 fully saturated rings. The summed E-state index contributed by atoms with van der Waals surface area (Å²) in [7, 11) is -4.86. The third kappa shape index (κ3) is 5.31. The lowest BCUT2D eigenvalue weighted by atomic mass is 9.85. The van der Waals surface area contributed by atoms with E-state index in [1.165, 1.54) is 25.1 Å². The van der Waals surface area contributed by atoms with Gasteiger partial charge in [0.05, 0.1) is 17.3 Å². The predicted octanol–water partition coefficient (Wildman–Crippen LogP) is 4.88. The lowest BCUT2D eigenvalue weighted by Crippen LogP contribution is -2.60. The van der Waals surface area contributed by atoms with E-state index in [2.05, 4.69) is 10.5 Å². The second-order valence-corrected chi connectivity index (χ2v) is 10.6. The number of benzene rings is 2. The van der Waals surface area contributed by atoms with Gasteiger partial charge in [0.1, 0.15) is 0 Å². The number of carbonyl (C=O) groups is 1. The monoisotopic (exact) mass is 587 g/mol. The Labute approximate surface area is 216 Å². The maximum Gasteiger partial charge on any atom is 0.435 e. The lowest BCUT2D eigenvalue weighted by Gasteiger charge is -2.35. The Morgan fingerprint density at radius 2 is 1.79 bits per heavy atom. The van der Waals surface area contributed by atoms with Gasteiger partial charge in [-0.2, -0.15) is 39.1 Å². The standard InChI is InChI=1S/C22H17ClF7N3O4S/c1-11-4-12(2-3-17(11)19(34)31-16-9-33(10-16)38(30,35)36)18-8-20(37-32-18,22(27,28)29)13-5-14(21(24,25)26)7-15(23)6-13/h2-7,16H,8-10H2,1H3,(H,31,34). The SMILES string of the molecule is Cc1cc(C2=NOC(c3cc(Cl)cc(C(F)(F)F)c3)(C(F)(F)F)C2)ccc1C(=O)NC1CN(S(=O)(=O)F)C1. The van der Waals surface area contributed by atoms with Crippen molar-refractivity contribution in [3.63, 3.8) is 0 Å². The van der Waals surface area contributed by atoms with Gasteiger partial charge < -0.3 is 10.2 Å². The van der Waals surface area contributed by atoms with Crippen molar-refractivity contribution < 1.29 is 48.3 Å². The first-order chi connectivity index (χ1) is 17.4. The highest BCUT2D eigenvalue weighted by Gasteiger charge is 2.62. The molecule has 2 aromatic carbocycles. The quantitative estimate of drug-likeness (QED) is 0.399. The molecule has 0 radical (unpaired) electrons. The van der Waals surface area contributed by atoms with Crippen LogP contribution in [0.15, 0.2) is 41.6 Å². The molecule has 0 saturated carbocycles. The smallest absolute Gasteiger partial charge is 0.374 e. The molecule has 0 bridgehead atoms. The van der Waals surface area contributed by atoms with E-state index in [0.717, 1.165) is 6.07 Å². The average Bonchev–Trinajstić information content (AvgIpc) is 3.21. The van der Waals surface area contributed by atoms with E-state index in [9.17, 15) is 43.4 Å². The van der Waals surface area contributed by atoms with Gasteiger partial charge in [-0.15, -0.1) is 0 Å². The number of alkyl halides is 6. The molecular formula is C22H17ClF7N3O4S. The van der Waals surface area contributed by atoms with Crippen molar-refractivity contribution in [2.24, 2.45) is 5.16 Å². The molecule has 0 spiro atoms. The first kappa shape index (κ1) is 28.1. The summed E-state index contributed by atoms with van der Waals surface area (Å²) in [4.78, 5) is 17.3. The van der Waals surface area contributed by atoms with Crippen molar-refractivity contribution in [1.29, 1.82) is 0 Å². The molecule has 1 N–H and O–H groups in total. The summed E-state index contributed by atoms with van der Waals surface area (Å²) < 4.78 is 117. The van der Waals surface area contributed by atoms with Crippen LogP contribution in [-0.4, -0.2) is 49.6 Å². The summed E-state index contributed by atoms with van der Waals surface area (Å²) >= 11 is 5.70. The highest BCUT2D eigenvalue weighted by atomic mass is 35.5. The van der Waals surface area contributed by atoms with Gasteiger partial charge in [-0.1, -0.05) is 26.7 Å². The first-order valence-corrected chi connectivity index (χ1v) is 12.4. The van der Waals surface area contributed by atoms with Crippen molar-refractivity contribution in [3.8, 4) is 0 Å². The van der Waals surface area contributed by atoms with Crippen LogP contribution in [0.2, 0.25) is 5.02 Å². The molecule has 38 heavy (non-hydrogen) atoms. The number of aryl methyl sites for hydroxylation is 1. The zero-order valence-corrected chi connectivity index (χ0v) is 20.7. The Bertz CT molecular complexity index is 1420.